The van der Waals surface area contributed by atoms with Gasteiger partial charge in [-0.15, -0.1) is 0 Å². The molecule has 3 aromatic rings. The molecular weight excluding hydrogens is 508 g/mol. The Morgan fingerprint density at radius 2 is 1.98 bits per heavy atom. The minimum Gasteiger partial charge on any atom is -0.331 e. The van der Waals surface area contributed by atoms with Gasteiger partial charge in [0.2, 0.25) is 0 Å². The molecule has 2 heterocycles. The van der Waals surface area contributed by atoms with Crippen molar-refractivity contribution in [1.29, 1.82) is 0 Å². The lowest BCUT2D eigenvalue weighted by molar-refractivity contribution is 0.0711. The van der Waals surface area contributed by atoms with E-state index in [1.165, 1.54) is 31.4 Å². The largest absolute Gasteiger partial charge is 0.331 e. The number of aromatic nitrogens is 2. The first-order valence-electron chi connectivity index (χ1n) is 14.9. The SMILES string of the molecule is CCCn1c(CN(CC(C)C)C(=O)c2cc(F)ccc2F)nc2cc(CNCCCN3CCCCC3C)ccc21. The van der Waals surface area contributed by atoms with Crippen LogP contribution in [0.2, 0.25) is 0 Å². The predicted molar refractivity (Wildman–Crippen MR) is 157 cm³/mol. The number of likely N-dealkylation sites (tertiary alicyclic amines) is 1. The maximum atomic E-state index is 14.5. The molecule has 2 aromatic carbocycles. The monoisotopic (exact) mass is 553 g/mol. The van der Waals surface area contributed by atoms with E-state index in [9.17, 15) is 13.6 Å². The number of nitrogens with one attached hydrogen (secondary N) is 1. The van der Waals surface area contributed by atoms with E-state index in [4.69, 9.17) is 4.98 Å². The van der Waals surface area contributed by atoms with Crippen molar-refractivity contribution in [2.24, 2.45) is 5.92 Å². The van der Waals surface area contributed by atoms with E-state index < -0.39 is 17.5 Å². The van der Waals surface area contributed by atoms with Gasteiger partial charge in [-0.3, -0.25) is 4.79 Å². The van der Waals surface area contributed by atoms with Crippen LogP contribution in [0, 0.1) is 17.6 Å². The Hall–Kier alpha value is -2.84. The highest BCUT2D eigenvalue weighted by Gasteiger charge is 2.24. The molecule has 0 radical (unpaired) electrons. The number of halogens is 2. The Balaban J connectivity index is 1.46. The lowest BCUT2D eigenvalue weighted by Crippen LogP contribution is -2.38. The molecule has 4 rings (SSSR count). The molecule has 218 valence electrons. The zero-order valence-corrected chi connectivity index (χ0v) is 24.6. The molecule has 40 heavy (non-hydrogen) atoms. The third kappa shape index (κ3) is 7.67. The number of carbonyl (C=O) groups is 1. The first-order chi connectivity index (χ1) is 19.3. The molecule has 8 heteroatoms. The van der Waals surface area contributed by atoms with Crippen LogP contribution in [-0.2, 0) is 19.6 Å². The Morgan fingerprint density at radius 3 is 2.73 bits per heavy atom. The van der Waals surface area contributed by atoms with Gasteiger partial charge >= 0.3 is 0 Å². The van der Waals surface area contributed by atoms with Crippen molar-refractivity contribution in [2.75, 3.05) is 26.2 Å². The molecule has 0 bridgehead atoms. The number of rotatable bonds is 13. The molecular formula is C32H45F2N5O. The molecule has 1 aliphatic rings. The van der Waals surface area contributed by atoms with Crippen molar-refractivity contribution < 1.29 is 13.6 Å². The standard InChI is InChI=1S/C32H45F2N5O/c1-5-15-39-30-13-10-25(20-35-14-8-17-37-16-7-6-9-24(37)4)18-29(30)36-31(39)22-38(21-23(2)3)32(40)27-19-26(33)11-12-28(27)34/h10-13,18-19,23-24,35H,5-9,14-17,20-22H2,1-4H3. The average molecular weight is 554 g/mol. The summed E-state index contributed by atoms with van der Waals surface area (Å²) in [6.45, 7) is 14.0. The van der Waals surface area contributed by atoms with Crippen LogP contribution in [-0.4, -0.2) is 57.5 Å². The van der Waals surface area contributed by atoms with Crippen LogP contribution in [0.4, 0.5) is 8.78 Å². The molecule has 0 saturated carbocycles. The van der Waals surface area contributed by atoms with E-state index in [2.05, 4.69) is 46.8 Å². The molecule has 1 amide bonds. The van der Waals surface area contributed by atoms with Crippen LogP contribution in [0.25, 0.3) is 11.0 Å². The number of fused-ring (bicyclic) bond motifs is 1. The van der Waals surface area contributed by atoms with Gasteiger partial charge in [-0.05, 0) is 94.1 Å². The fourth-order valence-electron chi connectivity index (χ4n) is 5.72. The van der Waals surface area contributed by atoms with Crippen molar-refractivity contribution in [1.82, 2.24) is 24.7 Å². The maximum Gasteiger partial charge on any atom is 0.257 e. The number of hydrogen-bond donors (Lipinski definition) is 1. The van der Waals surface area contributed by atoms with E-state index >= 15 is 0 Å². The second-order valence-electron chi connectivity index (χ2n) is 11.6. The van der Waals surface area contributed by atoms with Gasteiger partial charge in [0.15, 0.2) is 0 Å². The molecule has 1 fully saturated rings. The van der Waals surface area contributed by atoms with Crippen molar-refractivity contribution in [3.63, 3.8) is 0 Å². The summed E-state index contributed by atoms with van der Waals surface area (Å²) in [7, 11) is 0. The van der Waals surface area contributed by atoms with E-state index in [0.717, 1.165) is 74.1 Å². The van der Waals surface area contributed by atoms with Crippen LogP contribution in [0.5, 0.6) is 0 Å². The van der Waals surface area contributed by atoms with Crippen molar-refractivity contribution in [2.45, 2.75) is 85.5 Å². The van der Waals surface area contributed by atoms with Crippen LogP contribution < -0.4 is 5.32 Å². The fraction of sp³-hybridized carbons (Fsp3) is 0.562. The number of benzene rings is 2. The quantitative estimate of drug-likeness (QED) is 0.250. The van der Waals surface area contributed by atoms with Crippen LogP contribution in [0.3, 0.4) is 0 Å². The molecule has 1 N–H and O–H groups in total. The van der Waals surface area contributed by atoms with Crippen LogP contribution in [0.1, 0.15) is 81.5 Å². The zero-order valence-electron chi connectivity index (χ0n) is 24.6. The summed E-state index contributed by atoms with van der Waals surface area (Å²) < 4.78 is 30.5. The summed E-state index contributed by atoms with van der Waals surface area (Å²) in [6.07, 6.45) is 6.02. The normalized spacial score (nSPS) is 16.2. The molecule has 1 aliphatic heterocycles. The second-order valence-corrected chi connectivity index (χ2v) is 11.6. The van der Waals surface area contributed by atoms with Crippen molar-refractivity contribution in [3.8, 4) is 0 Å². The maximum absolute atomic E-state index is 14.5. The first kappa shape index (κ1) is 30.1. The number of amides is 1. The summed E-state index contributed by atoms with van der Waals surface area (Å²) in [5.74, 6) is -0.965. The molecule has 6 nitrogen and oxygen atoms in total. The van der Waals surface area contributed by atoms with Gasteiger partial charge in [-0.25, -0.2) is 13.8 Å². The topological polar surface area (TPSA) is 53.4 Å². The number of imidazole rings is 1. The summed E-state index contributed by atoms with van der Waals surface area (Å²) in [5.41, 5.74) is 2.83. The summed E-state index contributed by atoms with van der Waals surface area (Å²) in [4.78, 5) is 22.5. The third-order valence-electron chi connectivity index (χ3n) is 7.77. The predicted octanol–water partition coefficient (Wildman–Crippen LogP) is 6.38. The highest BCUT2D eigenvalue weighted by atomic mass is 19.1. The molecule has 1 atom stereocenters. The van der Waals surface area contributed by atoms with Gasteiger partial charge in [0.05, 0.1) is 23.1 Å². The highest BCUT2D eigenvalue weighted by Crippen LogP contribution is 2.22. The van der Waals surface area contributed by atoms with Crippen LogP contribution >= 0.6 is 0 Å². The molecule has 1 unspecified atom stereocenters. The zero-order chi connectivity index (χ0) is 28.6. The van der Waals surface area contributed by atoms with E-state index in [-0.39, 0.29) is 18.0 Å². The number of nitrogens with zero attached hydrogens (tertiary/aromatic N) is 4. The van der Waals surface area contributed by atoms with Gasteiger partial charge in [-0.2, -0.15) is 0 Å². The summed E-state index contributed by atoms with van der Waals surface area (Å²) in [6, 6.07) is 10.1. The molecule has 1 saturated heterocycles. The minimum atomic E-state index is -0.718. The Morgan fingerprint density at radius 1 is 1.15 bits per heavy atom. The van der Waals surface area contributed by atoms with Gasteiger partial charge in [0.25, 0.3) is 5.91 Å². The number of piperidine rings is 1. The summed E-state index contributed by atoms with van der Waals surface area (Å²) >= 11 is 0. The average Bonchev–Trinajstić information content (AvgIpc) is 3.26. The lowest BCUT2D eigenvalue weighted by atomic mass is 10.0. The number of aryl methyl sites for hydroxylation is 1. The smallest absolute Gasteiger partial charge is 0.257 e. The van der Waals surface area contributed by atoms with Crippen molar-refractivity contribution in [3.05, 3.63) is 65.0 Å². The van der Waals surface area contributed by atoms with Gasteiger partial charge in [0, 0.05) is 25.7 Å². The third-order valence-corrected chi connectivity index (χ3v) is 7.77. The van der Waals surface area contributed by atoms with E-state index in [0.29, 0.717) is 12.6 Å². The first-order valence-corrected chi connectivity index (χ1v) is 14.9. The molecule has 0 aliphatic carbocycles. The van der Waals surface area contributed by atoms with E-state index in [1.54, 1.807) is 4.90 Å². The Kier molecular flexibility index (Phi) is 10.7. The lowest BCUT2D eigenvalue weighted by Gasteiger charge is -2.33. The molecule has 0 spiro atoms. The van der Waals surface area contributed by atoms with Crippen molar-refractivity contribution >= 4 is 16.9 Å². The number of hydrogen-bond acceptors (Lipinski definition) is 4. The van der Waals surface area contributed by atoms with Gasteiger partial charge in [-0.1, -0.05) is 33.3 Å². The fourth-order valence-corrected chi connectivity index (χ4v) is 5.72. The Bertz CT molecular complexity index is 1270. The molecule has 1 aromatic heterocycles. The summed E-state index contributed by atoms with van der Waals surface area (Å²) in [5, 5.41) is 3.58. The van der Waals surface area contributed by atoms with Gasteiger partial charge < -0.3 is 19.7 Å². The van der Waals surface area contributed by atoms with E-state index in [1.807, 2.05) is 13.8 Å². The van der Waals surface area contributed by atoms with Gasteiger partial charge in [0.1, 0.15) is 17.5 Å². The number of carbonyl (C=O) groups excluding carboxylic acids is 1. The second kappa shape index (κ2) is 14.2. The Labute approximate surface area is 237 Å². The minimum absolute atomic E-state index is 0.153. The van der Waals surface area contributed by atoms with Crippen LogP contribution in [0.15, 0.2) is 36.4 Å². The highest BCUT2D eigenvalue weighted by molar-refractivity contribution is 5.94.